The van der Waals surface area contributed by atoms with Crippen molar-refractivity contribution >= 4 is 58.8 Å². The van der Waals surface area contributed by atoms with Gasteiger partial charge >= 0.3 is 56.9 Å². The Morgan fingerprint density at radius 1 is 0.495 bits per heavy atom. The average molecular weight is 1470 g/mol. The predicted molar refractivity (Wildman–Crippen MR) is 363 cm³/mol. The van der Waals surface area contributed by atoms with Gasteiger partial charge in [-0.25, -0.2) is 9.59 Å². The molecule has 0 heterocycles. The van der Waals surface area contributed by atoms with E-state index in [2.05, 4.69) is 40.3 Å². The molecule has 2 radical (unpaired) electrons. The first kappa shape index (κ1) is 89.8. The first-order valence-corrected chi connectivity index (χ1v) is 31.4. The largest absolute Gasteiger partial charge is 3.00 e. The number of unbranched alkanes of at least 4 members (excludes halogenated alkanes) is 2. The Morgan fingerprint density at radius 2 is 0.879 bits per heavy atom. The third-order valence-corrected chi connectivity index (χ3v) is 16.2. The summed E-state index contributed by atoms with van der Waals surface area (Å²) in [5, 5.41) is 37.8. The van der Waals surface area contributed by atoms with Crippen LogP contribution < -0.4 is 16.0 Å². The number of allylic oxidation sites excluding steroid dienone is 4. The summed E-state index contributed by atoms with van der Waals surface area (Å²) in [6.45, 7) is 1.94. The molecule has 14 nitrogen and oxygen atoms in total. The van der Waals surface area contributed by atoms with Crippen LogP contribution in [0.2, 0.25) is 10.0 Å². The van der Waals surface area contributed by atoms with E-state index < -0.39 is 36.0 Å². The summed E-state index contributed by atoms with van der Waals surface area (Å²) in [4.78, 5) is 73.6. The number of nitrogens with one attached hydrogen (secondary N) is 3. The molecule has 2 fully saturated rings. The summed E-state index contributed by atoms with van der Waals surface area (Å²) in [5.41, 5.74) is 3.84. The molecule has 4 aromatic rings. The summed E-state index contributed by atoms with van der Waals surface area (Å²) < 4.78 is 9.74. The number of phenols is 2. The number of carbonyl (C=O) groups is 6. The standard InChI is InChI=1S/C29H37ClN2O5.C19H27NO4.C11H13ClO2.2C5H8.4CH3.2Ru/c1-37-29(36)25(19-21-9-7-12-24(33)18-21)31-28(35)27(22-10-3-2-4-11-22)32-26(34)13-6-5-8-20-14-16-23(30)17-15-20;1-13(15-8-4-3-5-9-15)18(22)20-17(19(23)24-2)12-14-7-6-10-16(21)11-14;12-10-7-5-9(6-8-10)3-1-2-4-11(13)14;2*1-2-4-5-3-1;;;;;;/h7,9,12,14-18,22,25,27,33H,2-6,8,10-11,13,19H2,1H3,(H,31,35)(H,32,34);6-7,10-11,13,15,17,21H,3-5,8-9,12H2,1-2H3,(H,20,22);5-8H,1-4H2,(H,13,14);2*1-2H,3-5H2;4*1H3;;/q;;;;;4*-1;2*+3/t25?,27-;13-,17?;;;;;;;;;/m00........./s1. The molecule has 6 N–H and O–H groups in total. The number of halogens is 2. The second-order valence-corrected chi connectivity index (χ2v) is 23.3. The number of hydrogen-bond donors (Lipinski definition) is 6. The molecular formula is C73H105Cl2N3O11Ru2+2. The van der Waals surface area contributed by atoms with Crippen LogP contribution in [0.25, 0.3) is 0 Å². The van der Waals surface area contributed by atoms with Crippen LogP contribution in [-0.2, 0) is 103 Å². The summed E-state index contributed by atoms with van der Waals surface area (Å²) in [7, 11) is 2.59. The molecule has 3 amide bonds. The number of esters is 2. The molecule has 2 saturated carbocycles. The van der Waals surface area contributed by atoms with Crippen molar-refractivity contribution in [2.75, 3.05) is 14.2 Å². The van der Waals surface area contributed by atoms with E-state index >= 15 is 0 Å². The second-order valence-electron chi connectivity index (χ2n) is 22.4. The topological polar surface area (TPSA) is 218 Å². The number of aryl methyl sites for hydroxylation is 2. The Labute approximate surface area is 582 Å². The molecular weight excluding hydrogens is 1370 g/mol. The second kappa shape index (κ2) is 53.0. The zero-order valence-electron chi connectivity index (χ0n) is 55.0. The van der Waals surface area contributed by atoms with Crippen molar-refractivity contribution in [2.24, 2.45) is 17.8 Å². The molecule has 0 aromatic heterocycles. The quantitative estimate of drug-likeness (QED) is 0.0135. The van der Waals surface area contributed by atoms with E-state index in [1.807, 2.05) is 61.5 Å². The molecule has 4 atom stereocenters. The molecule has 18 heteroatoms. The van der Waals surface area contributed by atoms with Gasteiger partial charge < -0.3 is 70.5 Å². The maximum atomic E-state index is 13.4. The van der Waals surface area contributed by atoms with Crippen molar-refractivity contribution in [2.45, 2.75) is 192 Å². The summed E-state index contributed by atoms with van der Waals surface area (Å²) >= 11 is 11.7. The van der Waals surface area contributed by atoms with Crippen LogP contribution in [0.4, 0.5) is 0 Å². The molecule has 2 unspecified atom stereocenters. The number of carboxylic acid groups (broad SMARTS) is 1. The number of hydrogen-bond acceptors (Lipinski definition) is 10. The van der Waals surface area contributed by atoms with E-state index in [9.17, 15) is 39.0 Å². The number of carbonyl (C=O) groups excluding carboxylic acids is 5. The molecule has 0 bridgehead atoms. The fraction of sp³-hybridized carbons (Fsp3) is 0.479. The Hall–Kier alpha value is -5.39. The molecule has 0 saturated heterocycles. The maximum Gasteiger partial charge on any atom is 3.00 e. The van der Waals surface area contributed by atoms with Crippen molar-refractivity contribution < 1.29 is 92.5 Å². The molecule has 4 aliphatic rings. The number of phenolic OH excluding ortho intramolecular Hbond substituents is 2. The molecule has 0 aliphatic heterocycles. The zero-order chi connectivity index (χ0) is 61.6. The van der Waals surface area contributed by atoms with Crippen LogP contribution in [-0.4, -0.2) is 83.3 Å². The molecule has 0 spiro atoms. The zero-order valence-corrected chi connectivity index (χ0v) is 60.0. The smallest absolute Gasteiger partial charge is 0.508 e. The van der Waals surface area contributed by atoms with Crippen molar-refractivity contribution in [3.05, 3.63) is 183 Å². The Bertz CT molecular complexity index is 2660. The van der Waals surface area contributed by atoms with Crippen molar-refractivity contribution in [1.29, 1.82) is 0 Å². The van der Waals surface area contributed by atoms with Gasteiger partial charge in [-0.1, -0.05) is 141 Å². The number of benzene rings is 4. The summed E-state index contributed by atoms with van der Waals surface area (Å²) in [6, 6.07) is 26.2. The molecule has 8 rings (SSSR count). The van der Waals surface area contributed by atoms with Crippen molar-refractivity contribution in [3.63, 3.8) is 0 Å². The van der Waals surface area contributed by atoms with E-state index in [4.69, 9.17) is 37.8 Å². The van der Waals surface area contributed by atoms with Crippen LogP contribution in [0.1, 0.15) is 170 Å². The van der Waals surface area contributed by atoms with E-state index in [-0.39, 0.29) is 123 Å². The average Bonchev–Trinajstić information content (AvgIpc) is 2.32. The Morgan fingerprint density at radius 3 is 1.24 bits per heavy atom. The fourth-order valence-corrected chi connectivity index (χ4v) is 11.0. The minimum atomic E-state index is -0.929. The normalized spacial score (nSPS) is 14.8. The van der Waals surface area contributed by atoms with Gasteiger partial charge in [-0.05, 0) is 185 Å². The minimum Gasteiger partial charge on any atom is -0.508 e. The third kappa shape index (κ3) is 38.4. The van der Waals surface area contributed by atoms with Crippen LogP contribution in [0, 0.1) is 47.5 Å². The molecule has 4 aliphatic carbocycles. The van der Waals surface area contributed by atoms with Crippen LogP contribution >= 0.6 is 23.2 Å². The number of aromatic hydroxyl groups is 2. The summed E-state index contributed by atoms with van der Waals surface area (Å²) in [6.07, 6.45) is 33.6. The van der Waals surface area contributed by atoms with Crippen molar-refractivity contribution in [1.82, 2.24) is 16.0 Å². The molecule has 506 valence electrons. The van der Waals surface area contributed by atoms with Gasteiger partial charge in [-0.2, -0.15) is 0 Å². The summed E-state index contributed by atoms with van der Waals surface area (Å²) in [5.74, 6) is -1.89. The number of amides is 3. The minimum absolute atomic E-state index is 0. The molecule has 4 aromatic carbocycles. The van der Waals surface area contributed by atoms with E-state index in [1.54, 1.807) is 42.5 Å². The Kier molecular flexibility index (Phi) is 52.3. The van der Waals surface area contributed by atoms with Gasteiger partial charge in [0.2, 0.25) is 17.7 Å². The van der Waals surface area contributed by atoms with Gasteiger partial charge in [0, 0.05) is 41.6 Å². The van der Waals surface area contributed by atoms with Crippen LogP contribution in [0.15, 0.2) is 121 Å². The van der Waals surface area contributed by atoms with Gasteiger partial charge in [-0.3, -0.25) is 19.2 Å². The fourth-order valence-electron chi connectivity index (χ4n) is 10.7. The molecule has 91 heavy (non-hydrogen) atoms. The number of rotatable bonds is 23. The maximum absolute atomic E-state index is 13.4. The number of ether oxygens (including phenoxy) is 2. The first-order chi connectivity index (χ1) is 41.0. The van der Waals surface area contributed by atoms with Crippen LogP contribution in [0.3, 0.4) is 0 Å². The van der Waals surface area contributed by atoms with E-state index in [0.29, 0.717) is 35.8 Å². The monoisotopic (exact) mass is 1470 g/mol. The third-order valence-electron chi connectivity index (χ3n) is 15.7. The van der Waals surface area contributed by atoms with E-state index in [0.717, 1.165) is 87.6 Å². The number of carboxylic acids is 1. The van der Waals surface area contributed by atoms with Gasteiger partial charge in [0.15, 0.2) is 0 Å². The number of aliphatic carboxylic acids is 1. The van der Waals surface area contributed by atoms with Crippen LogP contribution in [0.5, 0.6) is 11.5 Å². The van der Waals surface area contributed by atoms with Gasteiger partial charge in [0.1, 0.15) is 29.6 Å². The Balaban J connectivity index is -0.00000123. The number of methoxy groups -OCH3 is 2. The van der Waals surface area contributed by atoms with Crippen molar-refractivity contribution in [3.8, 4) is 11.5 Å². The predicted octanol–water partition coefficient (Wildman–Crippen LogP) is 15.9. The SMILES string of the molecule is C1=CCCC1.C1=CCCC1.COC(=O)C(Cc1cccc(O)c1)NC(=O)[C@@H](C)C1CCCCC1.COC(=O)C(Cc1cccc(O)c1)NC(=O)[C@@H](NC(=O)CCCCc1ccc(Cl)cc1)C1CCCCC1.O=C(O)CCCCc1ccc(Cl)cc1.[CH3-].[CH3-].[CH3-].[CH3-].[Ru+3].[Ru+3]. The van der Waals surface area contributed by atoms with Gasteiger partial charge in [0.25, 0.3) is 0 Å². The first-order valence-electron chi connectivity index (χ1n) is 30.7. The van der Waals surface area contributed by atoms with Gasteiger partial charge in [-0.15, -0.1) is 0 Å². The van der Waals surface area contributed by atoms with E-state index in [1.165, 1.54) is 83.1 Å². The van der Waals surface area contributed by atoms with Gasteiger partial charge in [0.05, 0.1) is 14.2 Å².